The molecule has 0 saturated heterocycles. The minimum atomic E-state index is -0.130. The Morgan fingerprint density at radius 3 is 2.70 bits per heavy atom. The maximum Gasteiger partial charge on any atom is 0.127 e. The molecule has 0 spiro atoms. The minimum Gasteiger partial charge on any atom is -0.207 e. The predicted octanol–water partition coefficient (Wildman–Crippen LogP) is 3.37. The van der Waals surface area contributed by atoms with Gasteiger partial charge in [-0.2, -0.15) is 0 Å². The summed E-state index contributed by atoms with van der Waals surface area (Å²) in [5.41, 5.74) is 0.740. The molecule has 54 valence electrons. The molecule has 0 bridgehead atoms. The van der Waals surface area contributed by atoms with E-state index < -0.39 is 0 Å². The van der Waals surface area contributed by atoms with Gasteiger partial charge in [0.2, 0.25) is 0 Å². The highest BCUT2D eigenvalue weighted by Crippen LogP contribution is 2.19. The van der Waals surface area contributed by atoms with Gasteiger partial charge in [-0.1, -0.05) is 28.4 Å². The van der Waals surface area contributed by atoms with Crippen LogP contribution in [0, 0.1) is 5.82 Å². The molecule has 0 aliphatic rings. The SMILES string of the molecule is Fc1ccccc1CSBr. The third-order valence-corrected chi connectivity index (χ3v) is 2.27. The van der Waals surface area contributed by atoms with Gasteiger partial charge in [-0.3, -0.25) is 0 Å². The van der Waals surface area contributed by atoms with E-state index in [0.29, 0.717) is 5.75 Å². The fraction of sp³-hybridized carbons (Fsp3) is 0.143. The highest BCUT2D eigenvalue weighted by Gasteiger charge is 1.97. The lowest BCUT2D eigenvalue weighted by Crippen LogP contribution is -1.83. The van der Waals surface area contributed by atoms with Crippen molar-refractivity contribution in [3.05, 3.63) is 35.6 Å². The summed E-state index contributed by atoms with van der Waals surface area (Å²) in [7, 11) is 1.44. The molecule has 1 aromatic rings. The molecule has 0 saturated carbocycles. The topological polar surface area (TPSA) is 0 Å². The van der Waals surface area contributed by atoms with E-state index in [1.54, 1.807) is 12.1 Å². The zero-order chi connectivity index (χ0) is 7.40. The smallest absolute Gasteiger partial charge is 0.127 e. The molecule has 0 amide bonds. The molecule has 0 radical (unpaired) electrons. The Kier molecular flexibility index (Phi) is 3.22. The van der Waals surface area contributed by atoms with Crippen LogP contribution >= 0.6 is 25.0 Å². The zero-order valence-electron chi connectivity index (χ0n) is 5.18. The molecule has 0 atom stereocenters. The second-order valence-electron chi connectivity index (χ2n) is 1.84. The molecule has 0 nitrogen and oxygen atoms in total. The van der Waals surface area contributed by atoms with Crippen LogP contribution in [-0.4, -0.2) is 0 Å². The summed E-state index contributed by atoms with van der Waals surface area (Å²) in [5, 5.41) is 0. The Hall–Kier alpha value is -0.0200. The first-order valence-electron chi connectivity index (χ1n) is 2.81. The van der Waals surface area contributed by atoms with Gasteiger partial charge in [0.05, 0.1) is 0 Å². The van der Waals surface area contributed by atoms with Crippen molar-refractivity contribution in [1.29, 1.82) is 0 Å². The molecule has 3 heteroatoms. The van der Waals surface area contributed by atoms with Crippen molar-refractivity contribution in [2.45, 2.75) is 5.75 Å². The van der Waals surface area contributed by atoms with Crippen LogP contribution in [0.1, 0.15) is 5.56 Å². The second-order valence-corrected chi connectivity index (χ2v) is 3.73. The van der Waals surface area contributed by atoms with Crippen LogP contribution < -0.4 is 0 Å². The van der Waals surface area contributed by atoms with Crippen molar-refractivity contribution in [1.82, 2.24) is 0 Å². The Bertz CT molecular complexity index is 215. The molecule has 0 heterocycles. The van der Waals surface area contributed by atoms with Crippen LogP contribution in [0.5, 0.6) is 0 Å². The van der Waals surface area contributed by atoms with Gasteiger partial charge in [-0.15, -0.1) is 0 Å². The van der Waals surface area contributed by atoms with Crippen LogP contribution in [0.3, 0.4) is 0 Å². The number of hydrogen-bond acceptors (Lipinski definition) is 1. The van der Waals surface area contributed by atoms with Crippen LogP contribution in [0.25, 0.3) is 0 Å². The fourth-order valence-corrected chi connectivity index (χ4v) is 1.77. The quantitative estimate of drug-likeness (QED) is 0.737. The van der Waals surface area contributed by atoms with Gasteiger partial charge in [0.15, 0.2) is 0 Å². The minimum absolute atomic E-state index is 0.130. The van der Waals surface area contributed by atoms with Crippen LogP contribution in [0.2, 0.25) is 0 Å². The van der Waals surface area contributed by atoms with E-state index in [1.165, 1.54) is 16.3 Å². The molecule has 0 aromatic heterocycles. The number of halogens is 2. The average Bonchev–Trinajstić information content (AvgIpc) is 1.94. The molecule has 0 aliphatic carbocycles. The Morgan fingerprint density at radius 2 is 2.10 bits per heavy atom. The normalized spacial score (nSPS) is 9.80. The highest BCUT2D eigenvalue weighted by molar-refractivity contribution is 9.50. The van der Waals surface area contributed by atoms with Gasteiger partial charge >= 0.3 is 0 Å². The lowest BCUT2D eigenvalue weighted by molar-refractivity contribution is 0.617. The zero-order valence-corrected chi connectivity index (χ0v) is 7.58. The van der Waals surface area contributed by atoms with Gasteiger partial charge in [0.1, 0.15) is 5.82 Å². The van der Waals surface area contributed by atoms with Gasteiger partial charge in [-0.25, -0.2) is 4.39 Å². The first kappa shape index (κ1) is 8.08. The van der Waals surface area contributed by atoms with Crippen molar-refractivity contribution >= 4 is 25.0 Å². The monoisotopic (exact) mass is 220 g/mol. The van der Waals surface area contributed by atoms with Crippen LogP contribution in [0.15, 0.2) is 24.3 Å². The van der Waals surface area contributed by atoms with Gasteiger partial charge in [0, 0.05) is 5.75 Å². The van der Waals surface area contributed by atoms with Crippen molar-refractivity contribution in [2.75, 3.05) is 0 Å². The first-order chi connectivity index (χ1) is 4.84. The lowest BCUT2D eigenvalue weighted by Gasteiger charge is -1.96. The Morgan fingerprint density at radius 1 is 1.40 bits per heavy atom. The predicted molar refractivity (Wildman–Crippen MR) is 46.6 cm³/mol. The third-order valence-electron chi connectivity index (χ3n) is 1.17. The number of benzene rings is 1. The van der Waals surface area contributed by atoms with Crippen molar-refractivity contribution in [3.8, 4) is 0 Å². The van der Waals surface area contributed by atoms with E-state index in [2.05, 4.69) is 14.8 Å². The molecular formula is C7H6BrFS. The van der Waals surface area contributed by atoms with Gasteiger partial charge in [0.25, 0.3) is 0 Å². The number of hydrogen-bond donors (Lipinski definition) is 0. The van der Waals surface area contributed by atoms with Gasteiger partial charge in [-0.05, 0) is 26.4 Å². The molecule has 10 heavy (non-hydrogen) atoms. The summed E-state index contributed by atoms with van der Waals surface area (Å²) in [6.07, 6.45) is 0. The van der Waals surface area contributed by atoms with E-state index in [0.717, 1.165) is 5.56 Å². The maximum atomic E-state index is 12.7. The van der Waals surface area contributed by atoms with Crippen molar-refractivity contribution < 1.29 is 4.39 Å². The largest absolute Gasteiger partial charge is 0.207 e. The standard InChI is InChI=1S/C7H6BrFS/c8-10-5-6-3-1-2-4-7(6)9/h1-4H,5H2. The first-order valence-corrected chi connectivity index (χ1v) is 5.64. The summed E-state index contributed by atoms with van der Waals surface area (Å²) in [6, 6.07) is 6.78. The Labute approximate surface area is 71.0 Å². The lowest BCUT2D eigenvalue weighted by atomic mass is 10.2. The molecule has 0 unspecified atom stereocenters. The van der Waals surface area contributed by atoms with Gasteiger partial charge < -0.3 is 0 Å². The van der Waals surface area contributed by atoms with E-state index in [4.69, 9.17) is 0 Å². The maximum absolute atomic E-state index is 12.7. The third kappa shape index (κ3) is 1.99. The highest BCUT2D eigenvalue weighted by atomic mass is 79.9. The summed E-state index contributed by atoms with van der Waals surface area (Å²) >= 11 is 3.17. The number of rotatable bonds is 2. The van der Waals surface area contributed by atoms with Crippen molar-refractivity contribution in [2.24, 2.45) is 0 Å². The van der Waals surface area contributed by atoms with Crippen LogP contribution in [0.4, 0.5) is 4.39 Å². The average molecular weight is 221 g/mol. The van der Waals surface area contributed by atoms with E-state index in [9.17, 15) is 4.39 Å². The fourth-order valence-electron chi connectivity index (χ4n) is 0.674. The van der Waals surface area contributed by atoms with Crippen LogP contribution in [-0.2, 0) is 5.75 Å². The molecular weight excluding hydrogens is 215 g/mol. The summed E-state index contributed by atoms with van der Waals surface area (Å²) in [4.78, 5) is 0. The second kappa shape index (κ2) is 3.98. The summed E-state index contributed by atoms with van der Waals surface area (Å²) < 4.78 is 12.7. The molecule has 1 aromatic carbocycles. The molecule has 0 fully saturated rings. The molecule has 1 rings (SSSR count). The van der Waals surface area contributed by atoms with E-state index in [-0.39, 0.29) is 5.82 Å². The van der Waals surface area contributed by atoms with E-state index >= 15 is 0 Å². The summed E-state index contributed by atoms with van der Waals surface area (Å²) in [5.74, 6) is 0.543. The molecule has 0 N–H and O–H groups in total. The Balaban J connectivity index is 2.81. The van der Waals surface area contributed by atoms with E-state index in [1.807, 2.05) is 6.07 Å². The van der Waals surface area contributed by atoms with Crippen molar-refractivity contribution in [3.63, 3.8) is 0 Å². The molecule has 0 aliphatic heterocycles. The summed E-state index contributed by atoms with van der Waals surface area (Å²) in [6.45, 7) is 0.